The molecule has 1 fully saturated rings. The summed E-state index contributed by atoms with van der Waals surface area (Å²) in [6.45, 7) is 9.78. The second-order valence-electron chi connectivity index (χ2n) is 7.22. The van der Waals surface area contributed by atoms with Crippen LogP contribution in [0.1, 0.15) is 27.7 Å². The average Bonchev–Trinajstić information content (AvgIpc) is 2.95. The predicted octanol–water partition coefficient (Wildman–Crippen LogP) is 3.38. The van der Waals surface area contributed by atoms with Gasteiger partial charge in [0.2, 0.25) is 5.91 Å². The number of benzene rings is 1. The number of hydrogen-bond donors (Lipinski definition) is 1. The van der Waals surface area contributed by atoms with Crippen LogP contribution in [0.15, 0.2) is 18.2 Å². The van der Waals surface area contributed by atoms with E-state index >= 15 is 0 Å². The SMILES string of the molecule is COc1cccc2sc(NC(=O)C(C(C)C)N3CC(C)OC(C)C3)nc12. The molecule has 1 aromatic heterocycles. The zero-order valence-electron chi connectivity index (χ0n) is 16.0. The van der Waals surface area contributed by atoms with E-state index in [0.29, 0.717) is 5.13 Å². The molecule has 3 unspecified atom stereocenters. The van der Waals surface area contributed by atoms with E-state index in [0.717, 1.165) is 29.1 Å². The number of hydrogen-bond acceptors (Lipinski definition) is 6. The molecule has 0 saturated carbocycles. The van der Waals surface area contributed by atoms with Crippen molar-refractivity contribution in [3.63, 3.8) is 0 Å². The molecule has 1 N–H and O–H groups in total. The third-order valence-electron chi connectivity index (χ3n) is 4.57. The molecular weight excluding hydrogens is 350 g/mol. The number of rotatable bonds is 5. The summed E-state index contributed by atoms with van der Waals surface area (Å²) >= 11 is 1.47. The smallest absolute Gasteiger partial charge is 0.243 e. The highest BCUT2D eigenvalue weighted by Gasteiger charge is 2.34. The maximum atomic E-state index is 13.0. The van der Waals surface area contributed by atoms with Gasteiger partial charge in [0.25, 0.3) is 0 Å². The number of thiazole rings is 1. The van der Waals surface area contributed by atoms with Gasteiger partial charge in [-0.15, -0.1) is 0 Å². The Morgan fingerprint density at radius 1 is 1.35 bits per heavy atom. The lowest BCUT2D eigenvalue weighted by Crippen LogP contribution is -2.55. The normalized spacial score (nSPS) is 22.5. The van der Waals surface area contributed by atoms with Crippen molar-refractivity contribution in [2.75, 3.05) is 25.5 Å². The molecule has 6 nitrogen and oxygen atoms in total. The lowest BCUT2D eigenvalue weighted by molar-refractivity contribution is -0.130. The maximum Gasteiger partial charge on any atom is 0.243 e. The van der Waals surface area contributed by atoms with E-state index in [1.807, 2.05) is 18.2 Å². The summed E-state index contributed by atoms with van der Waals surface area (Å²) in [5, 5.41) is 3.63. The summed E-state index contributed by atoms with van der Waals surface area (Å²) in [7, 11) is 1.63. The summed E-state index contributed by atoms with van der Waals surface area (Å²) in [5.41, 5.74) is 0.782. The molecule has 0 aliphatic carbocycles. The Bertz CT molecular complexity index is 766. The molecule has 7 heteroatoms. The lowest BCUT2D eigenvalue weighted by atomic mass is 10.00. The molecule has 3 atom stereocenters. The largest absolute Gasteiger partial charge is 0.494 e. The van der Waals surface area contributed by atoms with Crippen molar-refractivity contribution in [2.45, 2.75) is 45.9 Å². The van der Waals surface area contributed by atoms with Crippen molar-refractivity contribution < 1.29 is 14.3 Å². The van der Waals surface area contributed by atoms with Gasteiger partial charge in [-0.2, -0.15) is 0 Å². The molecule has 1 amide bonds. The Kier molecular flexibility index (Phi) is 5.79. The fourth-order valence-corrected chi connectivity index (χ4v) is 4.54. The van der Waals surface area contributed by atoms with Crippen LogP contribution in [0.5, 0.6) is 5.75 Å². The van der Waals surface area contributed by atoms with Crippen molar-refractivity contribution in [2.24, 2.45) is 5.92 Å². The topological polar surface area (TPSA) is 63.7 Å². The van der Waals surface area contributed by atoms with Crippen LogP contribution in [0.2, 0.25) is 0 Å². The average molecular weight is 378 g/mol. The van der Waals surface area contributed by atoms with Gasteiger partial charge in [-0.25, -0.2) is 4.98 Å². The van der Waals surface area contributed by atoms with Crippen LogP contribution < -0.4 is 10.1 Å². The minimum absolute atomic E-state index is 0.0145. The second-order valence-corrected chi connectivity index (χ2v) is 8.25. The molecule has 0 radical (unpaired) electrons. The van der Waals surface area contributed by atoms with Gasteiger partial charge in [0.05, 0.1) is 30.1 Å². The zero-order chi connectivity index (χ0) is 18.8. The van der Waals surface area contributed by atoms with Gasteiger partial charge >= 0.3 is 0 Å². The highest BCUT2D eigenvalue weighted by atomic mass is 32.1. The van der Waals surface area contributed by atoms with Crippen LogP contribution in [0.4, 0.5) is 5.13 Å². The first-order chi connectivity index (χ1) is 12.4. The van der Waals surface area contributed by atoms with Gasteiger partial charge in [0, 0.05) is 13.1 Å². The molecule has 0 spiro atoms. The highest BCUT2D eigenvalue weighted by Crippen LogP contribution is 2.32. The third kappa shape index (κ3) is 4.00. The van der Waals surface area contributed by atoms with Crippen molar-refractivity contribution in [1.82, 2.24) is 9.88 Å². The van der Waals surface area contributed by atoms with E-state index in [4.69, 9.17) is 9.47 Å². The number of carbonyl (C=O) groups is 1. The predicted molar refractivity (Wildman–Crippen MR) is 105 cm³/mol. The molecule has 3 rings (SSSR count). The first-order valence-electron chi connectivity index (χ1n) is 9.03. The van der Waals surface area contributed by atoms with Crippen LogP contribution in [-0.4, -0.2) is 54.2 Å². The lowest BCUT2D eigenvalue weighted by Gasteiger charge is -2.40. The Morgan fingerprint density at radius 3 is 2.65 bits per heavy atom. The number of fused-ring (bicyclic) bond motifs is 1. The summed E-state index contributed by atoms with van der Waals surface area (Å²) in [4.78, 5) is 19.8. The van der Waals surface area contributed by atoms with Gasteiger partial charge in [-0.3, -0.25) is 9.69 Å². The fourth-order valence-electron chi connectivity index (χ4n) is 3.66. The summed E-state index contributed by atoms with van der Waals surface area (Å²) in [6.07, 6.45) is 0.249. The Hall–Kier alpha value is -1.70. The van der Waals surface area contributed by atoms with Crippen molar-refractivity contribution in [3.05, 3.63) is 18.2 Å². The molecule has 26 heavy (non-hydrogen) atoms. The summed E-state index contributed by atoms with van der Waals surface area (Å²) in [5.74, 6) is 0.895. The number of morpholine rings is 1. The first-order valence-corrected chi connectivity index (χ1v) is 9.84. The van der Waals surface area contributed by atoms with E-state index in [1.54, 1.807) is 7.11 Å². The molecule has 1 aliphatic rings. The van der Waals surface area contributed by atoms with Crippen LogP contribution in [0.25, 0.3) is 10.2 Å². The molecule has 142 valence electrons. The van der Waals surface area contributed by atoms with Crippen molar-refractivity contribution in [3.8, 4) is 5.75 Å². The monoisotopic (exact) mass is 377 g/mol. The number of nitrogens with zero attached hydrogens (tertiary/aromatic N) is 2. The maximum absolute atomic E-state index is 13.0. The van der Waals surface area contributed by atoms with Crippen LogP contribution in [-0.2, 0) is 9.53 Å². The number of anilines is 1. The number of amides is 1. The molecule has 1 aromatic carbocycles. The quantitative estimate of drug-likeness (QED) is 0.865. The molecule has 2 aromatic rings. The summed E-state index contributed by atoms with van der Waals surface area (Å²) in [6, 6.07) is 5.58. The standard InChI is InChI=1S/C19H27N3O3S/c1-11(2)17(22-9-12(3)25-13(4)10-22)18(23)21-19-20-16-14(24-5)7-6-8-15(16)26-19/h6-8,11-13,17H,9-10H2,1-5H3,(H,20,21,23). The molecule has 1 aliphatic heterocycles. The van der Waals surface area contributed by atoms with E-state index in [2.05, 4.69) is 42.9 Å². The highest BCUT2D eigenvalue weighted by molar-refractivity contribution is 7.22. The number of methoxy groups -OCH3 is 1. The molecular formula is C19H27N3O3S. The minimum Gasteiger partial charge on any atom is -0.494 e. The van der Waals surface area contributed by atoms with Crippen molar-refractivity contribution in [1.29, 1.82) is 0 Å². The van der Waals surface area contributed by atoms with E-state index in [-0.39, 0.29) is 30.1 Å². The minimum atomic E-state index is -0.210. The number of ether oxygens (including phenoxy) is 2. The molecule has 1 saturated heterocycles. The van der Waals surface area contributed by atoms with E-state index in [9.17, 15) is 4.79 Å². The third-order valence-corrected chi connectivity index (χ3v) is 5.51. The first kappa shape index (κ1) is 19.1. The Balaban J connectivity index is 1.80. The molecule has 2 heterocycles. The van der Waals surface area contributed by atoms with Gasteiger partial charge in [0.15, 0.2) is 5.13 Å². The summed E-state index contributed by atoms with van der Waals surface area (Å²) < 4.78 is 12.2. The van der Waals surface area contributed by atoms with Gasteiger partial charge in [-0.1, -0.05) is 31.3 Å². The van der Waals surface area contributed by atoms with Gasteiger partial charge < -0.3 is 14.8 Å². The van der Waals surface area contributed by atoms with Crippen LogP contribution in [0, 0.1) is 5.92 Å². The second kappa shape index (κ2) is 7.90. The van der Waals surface area contributed by atoms with Crippen LogP contribution >= 0.6 is 11.3 Å². The number of carbonyl (C=O) groups excluding carboxylic acids is 1. The Labute approximate surface area is 158 Å². The molecule has 0 bridgehead atoms. The van der Waals surface area contributed by atoms with E-state index in [1.165, 1.54) is 11.3 Å². The number of nitrogens with one attached hydrogen (secondary N) is 1. The number of aromatic nitrogens is 1. The van der Waals surface area contributed by atoms with Crippen LogP contribution in [0.3, 0.4) is 0 Å². The Morgan fingerprint density at radius 2 is 2.04 bits per heavy atom. The van der Waals surface area contributed by atoms with Crippen molar-refractivity contribution >= 4 is 32.6 Å². The van der Waals surface area contributed by atoms with Gasteiger partial charge in [0.1, 0.15) is 11.3 Å². The fraction of sp³-hybridized carbons (Fsp3) is 0.579. The zero-order valence-corrected chi connectivity index (χ0v) is 16.8. The van der Waals surface area contributed by atoms with Gasteiger partial charge in [-0.05, 0) is 31.9 Å². The number of para-hydroxylation sites is 1. The van der Waals surface area contributed by atoms with E-state index < -0.39 is 0 Å².